The molecule has 0 fully saturated rings. The number of nitrogens with one attached hydrogen (secondary N) is 2. The van der Waals surface area contributed by atoms with E-state index < -0.39 is 20.9 Å². The molecule has 0 aromatic heterocycles. The van der Waals surface area contributed by atoms with Crippen LogP contribution in [0.25, 0.3) is 6.08 Å². The molecule has 0 saturated carbocycles. The van der Waals surface area contributed by atoms with Crippen LogP contribution in [0.3, 0.4) is 0 Å². The number of amides is 1. The van der Waals surface area contributed by atoms with Gasteiger partial charge in [-0.25, -0.2) is 13.8 Å². The molecule has 2 N–H and O–H groups in total. The molecular formula is C24H22N4O6S. The van der Waals surface area contributed by atoms with Crippen LogP contribution in [0.1, 0.15) is 22.8 Å². The normalized spacial score (nSPS) is 11.5. The number of ether oxygens (including phenoxy) is 1. The van der Waals surface area contributed by atoms with Crippen LogP contribution in [-0.2, 0) is 10.0 Å². The number of carbonyl (C=O) groups excluding carboxylic acids is 1. The fourth-order valence-electron chi connectivity index (χ4n) is 2.93. The second kappa shape index (κ2) is 11.6. The molecule has 3 aromatic carbocycles. The molecule has 0 aliphatic heterocycles. The molecule has 0 spiro atoms. The van der Waals surface area contributed by atoms with E-state index in [1.807, 2.05) is 6.92 Å². The number of anilines is 1. The van der Waals surface area contributed by atoms with Crippen molar-refractivity contribution in [2.75, 3.05) is 11.3 Å². The Morgan fingerprint density at radius 2 is 1.74 bits per heavy atom. The van der Waals surface area contributed by atoms with Crippen molar-refractivity contribution in [2.24, 2.45) is 5.10 Å². The van der Waals surface area contributed by atoms with E-state index in [1.165, 1.54) is 60.8 Å². The molecule has 180 valence electrons. The second-order valence-electron chi connectivity index (χ2n) is 6.98. The third kappa shape index (κ3) is 6.98. The van der Waals surface area contributed by atoms with Crippen molar-refractivity contribution < 1.29 is 22.9 Å². The van der Waals surface area contributed by atoms with Crippen LogP contribution in [0, 0.1) is 10.1 Å². The summed E-state index contributed by atoms with van der Waals surface area (Å²) in [4.78, 5) is 22.8. The fourth-order valence-corrected chi connectivity index (χ4v) is 3.99. The van der Waals surface area contributed by atoms with Crippen LogP contribution in [0.15, 0.2) is 88.9 Å². The van der Waals surface area contributed by atoms with Crippen LogP contribution in [-0.4, -0.2) is 32.1 Å². The number of hydrazone groups is 1. The molecule has 0 heterocycles. The quantitative estimate of drug-likeness (QED) is 0.246. The lowest BCUT2D eigenvalue weighted by molar-refractivity contribution is -0.385. The van der Waals surface area contributed by atoms with E-state index in [-0.39, 0.29) is 21.8 Å². The Hall–Kier alpha value is -4.51. The van der Waals surface area contributed by atoms with E-state index in [9.17, 15) is 23.3 Å². The maximum atomic E-state index is 12.6. The third-order valence-corrected chi connectivity index (χ3v) is 5.98. The number of allylic oxidation sites excluding steroid dienone is 1. The van der Waals surface area contributed by atoms with Crippen LogP contribution < -0.4 is 14.9 Å². The molecule has 0 radical (unpaired) electrons. The number of nitrogens with zero attached hydrogens (tertiary/aromatic N) is 2. The number of sulfonamides is 1. The molecule has 1 amide bonds. The lowest BCUT2D eigenvalue weighted by Crippen LogP contribution is -2.17. The number of rotatable bonds is 10. The minimum Gasteiger partial charge on any atom is -0.494 e. The maximum Gasteiger partial charge on any atom is 0.276 e. The minimum atomic E-state index is -3.81. The van der Waals surface area contributed by atoms with Gasteiger partial charge in [-0.15, -0.1) is 0 Å². The molecule has 0 aliphatic rings. The summed E-state index contributed by atoms with van der Waals surface area (Å²) in [5, 5.41) is 14.8. The zero-order valence-corrected chi connectivity index (χ0v) is 19.4. The Kier molecular flexibility index (Phi) is 8.30. The Bertz CT molecular complexity index is 1350. The molecule has 0 atom stereocenters. The van der Waals surface area contributed by atoms with Gasteiger partial charge in [-0.2, -0.15) is 5.10 Å². The molecule has 0 aliphatic carbocycles. The number of para-hydroxylation sites is 1. The summed E-state index contributed by atoms with van der Waals surface area (Å²) < 4.78 is 32.9. The van der Waals surface area contributed by atoms with E-state index >= 15 is 0 Å². The number of carbonyl (C=O) groups is 1. The van der Waals surface area contributed by atoms with Crippen LogP contribution >= 0.6 is 0 Å². The lowest BCUT2D eigenvalue weighted by atomic mass is 10.1. The monoisotopic (exact) mass is 494 g/mol. The summed E-state index contributed by atoms with van der Waals surface area (Å²) in [6.45, 7) is 2.31. The van der Waals surface area contributed by atoms with Crippen molar-refractivity contribution in [2.45, 2.75) is 11.8 Å². The summed E-state index contributed by atoms with van der Waals surface area (Å²) in [6.07, 6.45) is 4.24. The summed E-state index contributed by atoms with van der Waals surface area (Å²) in [7, 11) is -3.81. The zero-order valence-electron chi connectivity index (χ0n) is 18.6. The van der Waals surface area contributed by atoms with Crippen molar-refractivity contribution >= 4 is 39.6 Å². The highest BCUT2D eigenvalue weighted by molar-refractivity contribution is 7.92. The predicted molar refractivity (Wildman–Crippen MR) is 133 cm³/mol. The average Bonchev–Trinajstić information content (AvgIpc) is 2.84. The third-order valence-electron chi connectivity index (χ3n) is 4.58. The lowest BCUT2D eigenvalue weighted by Gasteiger charge is -2.09. The molecule has 35 heavy (non-hydrogen) atoms. The highest BCUT2D eigenvalue weighted by Crippen LogP contribution is 2.20. The van der Waals surface area contributed by atoms with Gasteiger partial charge in [-0.3, -0.25) is 19.6 Å². The molecule has 3 aromatic rings. The first-order valence-electron chi connectivity index (χ1n) is 10.4. The Morgan fingerprint density at radius 1 is 1.06 bits per heavy atom. The van der Waals surface area contributed by atoms with E-state index in [1.54, 1.807) is 30.3 Å². The van der Waals surface area contributed by atoms with Crippen molar-refractivity contribution in [3.8, 4) is 5.75 Å². The highest BCUT2D eigenvalue weighted by Gasteiger charge is 2.15. The van der Waals surface area contributed by atoms with E-state index in [0.29, 0.717) is 17.9 Å². The van der Waals surface area contributed by atoms with Gasteiger partial charge in [0, 0.05) is 23.5 Å². The number of nitro groups is 1. The topological polar surface area (TPSA) is 140 Å². The average molecular weight is 495 g/mol. The number of nitro benzene ring substituents is 1. The van der Waals surface area contributed by atoms with Gasteiger partial charge in [-0.1, -0.05) is 12.1 Å². The molecule has 0 unspecified atom stereocenters. The largest absolute Gasteiger partial charge is 0.494 e. The van der Waals surface area contributed by atoms with Gasteiger partial charge in [0.05, 0.1) is 22.0 Å². The Morgan fingerprint density at radius 3 is 2.40 bits per heavy atom. The van der Waals surface area contributed by atoms with E-state index in [4.69, 9.17) is 4.74 Å². The minimum absolute atomic E-state index is 0.0422. The number of hydrogen-bond acceptors (Lipinski definition) is 7. The second-order valence-corrected chi connectivity index (χ2v) is 8.66. The predicted octanol–water partition coefficient (Wildman–Crippen LogP) is 4.22. The van der Waals surface area contributed by atoms with Crippen LogP contribution in [0.5, 0.6) is 5.75 Å². The molecule has 10 nitrogen and oxygen atoms in total. The van der Waals surface area contributed by atoms with Crippen molar-refractivity contribution in [3.05, 3.63) is 100 Å². The van der Waals surface area contributed by atoms with E-state index in [2.05, 4.69) is 15.2 Å². The molecule has 11 heteroatoms. The van der Waals surface area contributed by atoms with Gasteiger partial charge in [0.1, 0.15) is 5.75 Å². The van der Waals surface area contributed by atoms with Crippen LogP contribution in [0.2, 0.25) is 0 Å². The van der Waals surface area contributed by atoms with Crippen molar-refractivity contribution in [3.63, 3.8) is 0 Å². The van der Waals surface area contributed by atoms with Crippen molar-refractivity contribution in [1.29, 1.82) is 0 Å². The fraction of sp³-hybridized carbons (Fsp3) is 0.0833. The van der Waals surface area contributed by atoms with Gasteiger partial charge < -0.3 is 4.74 Å². The summed E-state index contributed by atoms with van der Waals surface area (Å²) in [5.41, 5.74) is 3.23. The summed E-state index contributed by atoms with van der Waals surface area (Å²) in [5.74, 6) is 0.0580. The number of benzene rings is 3. The van der Waals surface area contributed by atoms with E-state index in [0.717, 1.165) is 0 Å². The van der Waals surface area contributed by atoms with Crippen molar-refractivity contribution in [1.82, 2.24) is 5.43 Å². The first kappa shape index (κ1) is 25.1. The smallest absolute Gasteiger partial charge is 0.276 e. The zero-order chi connectivity index (χ0) is 25.3. The molecular weight excluding hydrogens is 472 g/mol. The Balaban J connectivity index is 1.57. The maximum absolute atomic E-state index is 12.6. The van der Waals surface area contributed by atoms with Crippen LogP contribution in [0.4, 0.5) is 11.4 Å². The molecule has 0 bridgehead atoms. The van der Waals surface area contributed by atoms with Gasteiger partial charge in [0.25, 0.3) is 21.6 Å². The van der Waals surface area contributed by atoms with Gasteiger partial charge in [-0.05, 0) is 73.7 Å². The summed E-state index contributed by atoms with van der Waals surface area (Å²) >= 11 is 0. The summed E-state index contributed by atoms with van der Waals surface area (Å²) in [6, 6.07) is 18.1. The highest BCUT2D eigenvalue weighted by atomic mass is 32.2. The molecule has 0 saturated heterocycles. The number of hydrogen-bond donors (Lipinski definition) is 2. The molecule has 3 rings (SSSR count). The van der Waals surface area contributed by atoms with Gasteiger partial charge in [0.15, 0.2) is 0 Å². The first-order valence-corrected chi connectivity index (χ1v) is 11.9. The Labute approximate surface area is 202 Å². The van der Waals surface area contributed by atoms with Gasteiger partial charge in [0.2, 0.25) is 0 Å². The standard InChI is InChI=1S/C24H22N4O6S/c1-2-34-21-13-15-22(16-14-21)35(32,33)27-20-11-9-19(10-12-20)24(29)26-25-17-5-7-18-6-3-4-8-23(18)28(30)31/h3-17,27H,2H2,1H3,(H,26,29)/b7-5+,25-17-. The SMILES string of the molecule is CCOc1ccc(S(=O)(=O)Nc2ccc(C(=O)N/N=C\C=C\c3ccccc3[N+](=O)[O-])cc2)cc1. The van der Waals surface area contributed by atoms with Gasteiger partial charge >= 0.3 is 0 Å². The first-order chi connectivity index (χ1) is 16.8.